The van der Waals surface area contributed by atoms with E-state index >= 15 is 0 Å². The molecule has 0 unspecified atom stereocenters. The molecule has 0 spiro atoms. The number of carbonyl (C=O) groups is 2. The number of ether oxygens (including phenoxy) is 2. The van der Waals surface area contributed by atoms with Crippen LogP contribution in [0.2, 0.25) is 0 Å². The molecule has 1 saturated heterocycles. The van der Waals surface area contributed by atoms with Gasteiger partial charge in [0.2, 0.25) is 0 Å². The maximum Gasteiger partial charge on any atom is 0.294 e. The first-order chi connectivity index (χ1) is 14.4. The molecule has 1 aliphatic rings. The van der Waals surface area contributed by atoms with E-state index < -0.39 is 16.1 Å². The monoisotopic (exact) mass is 424 g/mol. The first-order valence-electron chi connectivity index (χ1n) is 8.66. The van der Waals surface area contributed by atoms with Gasteiger partial charge in [-0.2, -0.15) is 0 Å². The number of terminal acetylenes is 1. The molecule has 0 aromatic heterocycles. The smallest absolute Gasteiger partial charge is 0.294 e. The molecule has 1 aliphatic heterocycles. The van der Waals surface area contributed by atoms with Gasteiger partial charge in [0.25, 0.3) is 16.8 Å². The second-order valence-corrected chi connectivity index (χ2v) is 7.06. The van der Waals surface area contributed by atoms with Gasteiger partial charge in [-0.3, -0.25) is 24.6 Å². The second-order valence-electron chi connectivity index (χ2n) is 6.07. The molecular weight excluding hydrogens is 408 g/mol. The third-order valence-corrected chi connectivity index (χ3v) is 5.06. The van der Waals surface area contributed by atoms with E-state index in [2.05, 4.69) is 5.92 Å². The Balaban J connectivity index is 1.95. The van der Waals surface area contributed by atoms with Crippen molar-refractivity contribution in [2.75, 3.05) is 13.7 Å². The van der Waals surface area contributed by atoms with Gasteiger partial charge in [-0.05, 0) is 29.5 Å². The number of methoxy groups -OCH3 is 1. The lowest BCUT2D eigenvalue weighted by Crippen LogP contribution is -2.28. The molecule has 2 aromatic rings. The van der Waals surface area contributed by atoms with E-state index in [4.69, 9.17) is 15.9 Å². The molecule has 8 nitrogen and oxygen atoms in total. The van der Waals surface area contributed by atoms with Crippen LogP contribution in [-0.4, -0.2) is 34.6 Å². The second kappa shape index (κ2) is 9.15. The van der Waals surface area contributed by atoms with Gasteiger partial charge in [0, 0.05) is 0 Å². The lowest BCUT2D eigenvalue weighted by atomic mass is 10.1. The third kappa shape index (κ3) is 4.45. The SMILES string of the molecule is C#CCN1C(=O)S/C(=C\c2cc(OC)c(OCc3ccccc3)cc2[N+](=O)[O-])C1=O. The zero-order chi connectivity index (χ0) is 21.7. The lowest BCUT2D eigenvalue weighted by molar-refractivity contribution is -0.385. The summed E-state index contributed by atoms with van der Waals surface area (Å²) in [6, 6.07) is 11.9. The molecule has 3 rings (SSSR count). The van der Waals surface area contributed by atoms with Crippen LogP contribution in [0.4, 0.5) is 10.5 Å². The van der Waals surface area contributed by atoms with Gasteiger partial charge in [0.15, 0.2) is 11.5 Å². The number of nitro benzene ring substituents is 1. The first kappa shape index (κ1) is 21.0. The fourth-order valence-corrected chi connectivity index (χ4v) is 3.54. The molecule has 9 heteroatoms. The van der Waals surface area contributed by atoms with E-state index in [9.17, 15) is 19.7 Å². The van der Waals surface area contributed by atoms with Crippen LogP contribution in [0, 0.1) is 22.5 Å². The molecule has 2 amide bonds. The van der Waals surface area contributed by atoms with Crippen molar-refractivity contribution in [2.45, 2.75) is 6.61 Å². The molecule has 30 heavy (non-hydrogen) atoms. The van der Waals surface area contributed by atoms with Gasteiger partial charge in [-0.1, -0.05) is 36.3 Å². The summed E-state index contributed by atoms with van der Waals surface area (Å²) in [6.45, 7) is 0.0262. The average Bonchev–Trinajstić information content (AvgIpc) is 3.00. The van der Waals surface area contributed by atoms with Gasteiger partial charge >= 0.3 is 0 Å². The minimum Gasteiger partial charge on any atom is -0.493 e. The molecular formula is C21H16N2O6S. The molecule has 0 radical (unpaired) electrons. The van der Waals surface area contributed by atoms with E-state index in [1.807, 2.05) is 30.3 Å². The molecule has 0 bridgehead atoms. The summed E-state index contributed by atoms with van der Waals surface area (Å²) in [7, 11) is 1.40. The highest BCUT2D eigenvalue weighted by Crippen LogP contribution is 2.39. The number of hydrogen-bond donors (Lipinski definition) is 0. The number of rotatable bonds is 7. The molecule has 152 valence electrons. The van der Waals surface area contributed by atoms with Crippen LogP contribution in [0.5, 0.6) is 11.5 Å². The van der Waals surface area contributed by atoms with E-state index in [1.165, 1.54) is 25.3 Å². The molecule has 0 atom stereocenters. The Kier molecular flexibility index (Phi) is 6.39. The Labute approximate surface area is 176 Å². The van der Waals surface area contributed by atoms with Crippen molar-refractivity contribution >= 4 is 34.7 Å². The summed E-state index contributed by atoms with van der Waals surface area (Å²) in [4.78, 5) is 36.3. The quantitative estimate of drug-likeness (QED) is 0.288. The molecule has 0 aliphatic carbocycles. The number of hydrogen-bond acceptors (Lipinski definition) is 7. The molecule has 1 heterocycles. The van der Waals surface area contributed by atoms with E-state index in [1.54, 1.807) is 0 Å². The van der Waals surface area contributed by atoms with E-state index in [0.717, 1.165) is 10.5 Å². The molecule has 0 N–H and O–H groups in total. The Hall–Kier alpha value is -3.77. The summed E-state index contributed by atoms with van der Waals surface area (Å²) < 4.78 is 11.0. The number of imide groups is 1. The minimum atomic E-state index is -0.597. The van der Waals surface area contributed by atoms with Crippen molar-refractivity contribution in [3.63, 3.8) is 0 Å². The van der Waals surface area contributed by atoms with Gasteiger partial charge in [0.1, 0.15) is 6.61 Å². The number of nitrogens with zero attached hydrogens (tertiary/aromatic N) is 2. The van der Waals surface area contributed by atoms with Crippen molar-refractivity contribution in [2.24, 2.45) is 0 Å². The Morgan fingerprint density at radius 1 is 1.23 bits per heavy atom. The van der Waals surface area contributed by atoms with E-state index in [0.29, 0.717) is 11.8 Å². The highest BCUT2D eigenvalue weighted by molar-refractivity contribution is 8.18. The fourth-order valence-electron chi connectivity index (χ4n) is 2.72. The van der Waals surface area contributed by atoms with Crippen LogP contribution in [0.1, 0.15) is 11.1 Å². The fraction of sp³-hybridized carbons (Fsp3) is 0.143. The topological polar surface area (TPSA) is 99.0 Å². The van der Waals surface area contributed by atoms with Gasteiger partial charge in [-0.15, -0.1) is 6.42 Å². The average molecular weight is 424 g/mol. The van der Waals surface area contributed by atoms with Crippen LogP contribution >= 0.6 is 11.8 Å². The number of thioether (sulfide) groups is 1. The van der Waals surface area contributed by atoms with Gasteiger partial charge in [-0.25, -0.2) is 0 Å². The Morgan fingerprint density at radius 3 is 2.60 bits per heavy atom. The number of amides is 2. The summed E-state index contributed by atoms with van der Waals surface area (Å²) >= 11 is 0.671. The van der Waals surface area contributed by atoms with E-state index in [-0.39, 0.29) is 40.8 Å². The van der Waals surface area contributed by atoms with Gasteiger partial charge < -0.3 is 9.47 Å². The summed E-state index contributed by atoms with van der Waals surface area (Å²) in [5.41, 5.74) is 0.700. The highest BCUT2D eigenvalue weighted by atomic mass is 32.2. The minimum absolute atomic E-state index is 0.0401. The van der Waals surface area contributed by atoms with Crippen LogP contribution in [0.15, 0.2) is 47.4 Å². The van der Waals surface area contributed by atoms with Crippen molar-refractivity contribution < 1.29 is 24.0 Å². The normalized spacial score (nSPS) is 14.7. The maximum absolute atomic E-state index is 12.4. The summed E-state index contributed by atoms with van der Waals surface area (Å²) in [5.74, 6) is 2.08. The number of benzene rings is 2. The van der Waals surface area contributed by atoms with Gasteiger partial charge in [0.05, 0.1) is 35.1 Å². The van der Waals surface area contributed by atoms with Crippen molar-refractivity contribution in [1.82, 2.24) is 4.90 Å². The third-order valence-electron chi connectivity index (χ3n) is 4.16. The predicted molar refractivity (Wildman–Crippen MR) is 112 cm³/mol. The van der Waals surface area contributed by atoms with Crippen molar-refractivity contribution in [3.8, 4) is 23.8 Å². The molecule has 1 fully saturated rings. The molecule has 0 saturated carbocycles. The molecule has 2 aromatic carbocycles. The van der Waals surface area contributed by atoms with Crippen LogP contribution in [0.3, 0.4) is 0 Å². The van der Waals surface area contributed by atoms with Crippen LogP contribution in [0.25, 0.3) is 6.08 Å². The zero-order valence-corrected chi connectivity index (χ0v) is 16.7. The number of carbonyl (C=O) groups excluding carboxylic acids is 2. The number of nitro groups is 1. The predicted octanol–water partition coefficient (Wildman–Crippen LogP) is 3.85. The maximum atomic E-state index is 12.4. The van der Waals surface area contributed by atoms with Crippen molar-refractivity contribution in [3.05, 3.63) is 68.6 Å². The van der Waals surface area contributed by atoms with Crippen LogP contribution in [-0.2, 0) is 11.4 Å². The van der Waals surface area contributed by atoms with Crippen LogP contribution < -0.4 is 9.47 Å². The summed E-state index contributed by atoms with van der Waals surface area (Å²) in [5, 5.41) is 11.1. The standard InChI is InChI=1S/C21H16N2O6S/c1-3-9-22-20(24)19(30-21(22)25)11-15-10-17(28-2)18(12-16(15)23(26)27)29-13-14-7-5-4-6-8-14/h1,4-8,10-12H,9,13H2,2H3/b19-11-. The highest BCUT2D eigenvalue weighted by Gasteiger charge is 2.35. The largest absolute Gasteiger partial charge is 0.493 e. The zero-order valence-electron chi connectivity index (χ0n) is 15.9. The lowest BCUT2D eigenvalue weighted by Gasteiger charge is -2.12. The Morgan fingerprint density at radius 2 is 1.97 bits per heavy atom. The Bertz CT molecular complexity index is 1070. The summed E-state index contributed by atoms with van der Waals surface area (Å²) in [6.07, 6.45) is 6.46. The van der Waals surface area contributed by atoms with Crippen molar-refractivity contribution in [1.29, 1.82) is 0 Å². The first-order valence-corrected chi connectivity index (χ1v) is 9.48.